The Balaban J connectivity index is 2.21. The van der Waals surface area contributed by atoms with E-state index in [0.29, 0.717) is 5.58 Å². The maximum Gasteiger partial charge on any atom is 0.336 e. The third-order valence-corrected chi connectivity index (χ3v) is 3.34. The number of para-hydroxylation sites is 1. The summed E-state index contributed by atoms with van der Waals surface area (Å²) in [6, 6.07) is 17.3. The quantitative estimate of drug-likeness (QED) is 0.665. The van der Waals surface area contributed by atoms with Gasteiger partial charge in [-0.2, -0.15) is 0 Å². The van der Waals surface area contributed by atoms with Crippen LogP contribution in [0.15, 0.2) is 63.8 Å². The number of fused-ring (bicyclic) bond motifs is 1. The Bertz CT molecular complexity index is 801. The van der Waals surface area contributed by atoms with Gasteiger partial charge in [0.25, 0.3) is 0 Å². The standard InChI is InChI=1S/C17H15NO2/c1-18(2)13-9-7-12(8-10-13)15-11-17(19)20-16-6-4-3-5-14(15)16/h3-11H,1-2H3. The summed E-state index contributed by atoms with van der Waals surface area (Å²) in [5.74, 6) is 0. The summed E-state index contributed by atoms with van der Waals surface area (Å²) in [6.07, 6.45) is 0. The minimum Gasteiger partial charge on any atom is -0.423 e. The zero-order valence-electron chi connectivity index (χ0n) is 11.5. The van der Waals surface area contributed by atoms with Gasteiger partial charge in [-0.15, -0.1) is 0 Å². The summed E-state index contributed by atoms with van der Waals surface area (Å²) in [5.41, 5.74) is 3.34. The van der Waals surface area contributed by atoms with E-state index in [-0.39, 0.29) is 5.63 Å². The lowest BCUT2D eigenvalue weighted by Crippen LogP contribution is -2.08. The van der Waals surface area contributed by atoms with E-state index < -0.39 is 0 Å². The molecule has 0 aliphatic carbocycles. The van der Waals surface area contributed by atoms with Gasteiger partial charge in [-0.3, -0.25) is 0 Å². The van der Waals surface area contributed by atoms with Crippen LogP contribution in [0.5, 0.6) is 0 Å². The lowest BCUT2D eigenvalue weighted by molar-refractivity contribution is 0.561. The minimum absolute atomic E-state index is 0.324. The SMILES string of the molecule is CN(C)c1ccc(-c2cc(=O)oc3ccccc23)cc1. The van der Waals surface area contributed by atoms with Crippen molar-refractivity contribution in [1.82, 2.24) is 0 Å². The van der Waals surface area contributed by atoms with Crippen LogP contribution in [-0.2, 0) is 0 Å². The van der Waals surface area contributed by atoms with E-state index in [2.05, 4.69) is 0 Å². The van der Waals surface area contributed by atoms with Crippen molar-refractivity contribution in [3.63, 3.8) is 0 Å². The molecule has 0 N–H and O–H groups in total. The number of nitrogens with zero attached hydrogens (tertiary/aromatic N) is 1. The van der Waals surface area contributed by atoms with Crippen molar-refractivity contribution in [1.29, 1.82) is 0 Å². The highest BCUT2D eigenvalue weighted by molar-refractivity contribution is 5.93. The second-order valence-electron chi connectivity index (χ2n) is 4.92. The average molecular weight is 265 g/mol. The molecule has 0 fully saturated rings. The van der Waals surface area contributed by atoms with Crippen molar-refractivity contribution < 1.29 is 4.42 Å². The van der Waals surface area contributed by atoms with E-state index in [9.17, 15) is 4.79 Å². The molecular formula is C17H15NO2. The van der Waals surface area contributed by atoms with Crippen molar-refractivity contribution in [2.45, 2.75) is 0 Å². The minimum atomic E-state index is -0.324. The number of benzene rings is 2. The van der Waals surface area contributed by atoms with Crippen molar-refractivity contribution >= 4 is 16.7 Å². The van der Waals surface area contributed by atoms with Gasteiger partial charge in [-0.25, -0.2) is 4.79 Å². The monoisotopic (exact) mass is 265 g/mol. The Kier molecular flexibility index (Phi) is 3.03. The molecule has 20 heavy (non-hydrogen) atoms. The smallest absolute Gasteiger partial charge is 0.336 e. The number of hydrogen-bond donors (Lipinski definition) is 0. The molecule has 3 heteroatoms. The molecule has 0 aliphatic heterocycles. The number of anilines is 1. The van der Waals surface area contributed by atoms with E-state index in [4.69, 9.17) is 4.42 Å². The van der Waals surface area contributed by atoms with Crippen LogP contribution in [0.2, 0.25) is 0 Å². The molecule has 0 spiro atoms. The number of rotatable bonds is 2. The van der Waals surface area contributed by atoms with E-state index in [1.807, 2.05) is 67.5 Å². The number of hydrogen-bond acceptors (Lipinski definition) is 3. The lowest BCUT2D eigenvalue weighted by Gasteiger charge is -2.13. The summed E-state index contributed by atoms with van der Waals surface area (Å²) >= 11 is 0. The molecular weight excluding hydrogens is 250 g/mol. The topological polar surface area (TPSA) is 33.5 Å². The van der Waals surface area contributed by atoms with Crippen LogP contribution in [0, 0.1) is 0 Å². The van der Waals surface area contributed by atoms with Gasteiger partial charge >= 0.3 is 5.63 Å². The molecule has 0 bridgehead atoms. The van der Waals surface area contributed by atoms with E-state index in [1.54, 1.807) is 6.07 Å². The maximum absolute atomic E-state index is 11.7. The second-order valence-corrected chi connectivity index (χ2v) is 4.92. The molecule has 0 saturated heterocycles. The van der Waals surface area contributed by atoms with Gasteiger partial charge in [-0.1, -0.05) is 30.3 Å². The first-order valence-electron chi connectivity index (χ1n) is 6.46. The lowest BCUT2D eigenvalue weighted by atomic mass is 10.0. The highest BCUT2D eigenvalue weighted by Crippen LogP contribution is 2.28. The van der Waals surface area contributed by atoms with Crippen LogP contribution < -0.4 is 10.5 Å². The molecule has 0 aliphatic rings. The molecule has 3 nitrogen and oxygen atoms in total. The zero-order valence-corrected chi connectivity index (χ0v) is 11.5. The Morgan fingerprint density at radius 3 is 2.35 bits per heavy atom. The summed E-state index contributed by atoms with van der Waals surface area (Å²) in [5, 5.41) is 0.949. The molecule has 3 rings (SSSR count). The van der Waals surface area contributed by atoms with Gasteiger partial charge in [0.05, 0.1) is 0 Å². The van der Waals surface area contributed by atoms with Gasteiger partial charge in [0.2, 0.25) is 0 Å². The van der Waals surface area contributed by atoms with Gasteiger partial charge < -0.3 is 9.32 Å². The molecule has 0 radical (unpaired) electrons. The molecule has 0 atom stereocenters. The first-order valence-corrected chi connectivity index (χ1v) is 6.46. The van der Waals surface area contributed by atoms with Gasteiger partial charge in [0.1, 0.15) is 5.58 Å². The van der Waals surface area contributed by atoms with Gasteiger partial charge in [0, 0.05) is 31.2 Å². The summed E-state index contributed by atoms with van der Waals surface area (Å²) in [6.45, 7) is 0. The van der Waals surface area contributed by atoms with Gasteiger partial charge in [0.15, 0.2) is 0 Å². The molecule has 0 amide bonds. The third-order valence-electron chi connectivity index (χ3n) is 3.34. The van der Waals surface area contributed by atoms with Crippen molar-refractivity contribution in [3.05, 3.63) is 65.0 Å². The Hall–Kier alpha value is -2.55. The van der Waals surface area contributed by atoms with E-state index in [1.165, 1.54) is 0 Å². The first-order chi connectivity index (χ1) is 9.65. The van der Waals surface area contributed by atoms with E-state index >= 15 is 0 Å². The largest absolute Gasteiger partial charge is 0.423 e. The molecule has 1 heterocycles. The van der Waals surface area contributed by atoms with Crippen molar-refractivity contribution in [2.75, 3.05) is 19.0 Å². The molecule has 2 aromatic carbocycles. The molecule has 3 aromatic rings. The van der Waals surface area contributed by atoms with Crippen molar-refractivity contribution in [2.24, 2.45) is 0 Å². The predicted octanol–water partition coefficient (Wildman–Crippen LogP) is 3.53. The van der Waals surface area contributed by atoms with Crippen LogP contribution in [0.3, 0.4) is 0 Å². The fourth-order valence-electron chi connectivity index (χ4n) is 2.29. The van der Waals surface area contributed by atoms with Crippen LogP contribution in [0.25, 0.3) is 22.1 Å². The third kappa shape index (κ3) is 2.18. The normalized spacial score (nSPS) is 10.7. The Labute approximate surface area is 117 Å². The molecule has 1 aromatic heterocycles. The van der Waals surface area contributed by atoms with Crippen LogP contribution in [-0.4, -0.2) is 14.1 Å². The molecule has 100 valence electrons. The Morgan fingerprint density at radius 2 is 1.65 bits per heavy atom. The fourth-order valence-corrected chi connectivity index (χ4v) is 2.29. The Morgan fingerprint density at radius 1 is 0.950 bits per heavy atom. The fraction of sp³-hybridized carbons (Fsp3) is 0.118. The first kappa shape index (κ1) is 12.5. The summed E-state index contributed by atoms with van der Waals surface area (Å²) in [4.78, 5) is 13.7. The zero-order chi connectivity index (χ0) is 14.1. The molecule has 0 unspecified atom stereocenters. The average Bonchev–Trinajstić information content (AvgIpc) is 2.46. The summed E-state index contributed by atoms with van der Waals surface area (Å²) < 4.78 is 5.22. The second kappa shape index (κ2) is 4.85. The van der Waals surface area contributed by atoms with Crippen LogP contribution >= 0.6 is 0 Å². The van der Waals surface area contributed by atoms with Crippen LogP contribution in [0.1, 0.15) is 0 Å². The predicted molar refractivity (Wildman–Crippen MR) is 82.2 cm³/mol. The van der Waals surface area contributed by atoms with Crippen molar-refractivity contribution in [3.8, 4) is 11.1 Å². The summed E-state index contributed by atoms with van der Waals surface area (Å²) in [7, 11) is 4.00. The van der Waals surface area contributed by atoms with Gasteiger partial charge in [-0.05, 0) is 29.3 Å². The molecule has 0 saturated carbocycles. The van der Waals surface area contributed by atoms with E-state index in [0.717, 1.165) is 22.2 Å². The highest BCUT2D eigenvalue weighted by Gasteiger charge is 2.07. The highest BCUT2D eigenvalue weighted by atomic mass is 16.4. The maximum atomic E-state index is 11.7. The van der Waals surface area contributed by atoms with Crippen LogP contribution in [0.4, 0.5) is 5.69 Å².